The predicted molar refractivity (Wildman–Crippen MR) is 85.9 cm³/mol. The summed E-state index contributed by atoms with van der Waals surface area (Å²) >= 11 is 6.08. The maximum atomic E-state index is 6.08. The first kappa shape index (κ1) is 16.5. The second-order valence-electron chi connectivity index (χ2n) is 5.92. The molecule has 0 aliphatic heterocycles. The molecule has 0 aromatic heterocycles. The third kappa shape index (κ3) is 6.44. The molecule has 0 saturated heterocycles. The Bertz CT molecular complexity index is 362. The van der Waals surface area contributed by atoms with Gasteiger partial charge in [0.2, 0.25) is 0 Å². The van der Waals surface area contributed by atoms with Crippen molar-refractivity contribution in [1.29, 1.82) is 0 Å². The van der Waals surface area contributed by atoms with E-state index in [1.54, 1.807) is 0 Å². The number of nitrogens with one attached hydrogen (secondary N) is 1. The molecule has 2 unspecified atom stereocenters. The largest absolute Gasteiger partial charge is 0.314 e. The SMILES string of the molecule is CCCC(C)C(CNC(C)C)Cc1cccc(Cl)c1. The molecule has 0 amide bonds. The third-order valence-corrected chi connectivity index (χ3v) is 3.96. The highest BCUT2D eigenvalue weighted by Gasteiger charge is 2.17. The Balaban J connectivity index is 2.67. The monoisotopic (exact) mass is 281 g/mol. The Kier molecular flexibility index (Phi) is 7.48. The molecule has 0 aliphatic rings. The van der Waals surface area contributed by atoms with Crippen LogP contribution in [0, 0.1) is 11.8 Å². The van der Waals surface area contributed by atoms with Gasteiger partial charge in [-0.05, 0) is 42.5 Å². The summed E-state index contributed by atoms with van der Waals surface area (Å²) in [4.78, 5) is 0. The number of hydrogen-bond acceptors (Lipinski definition) is 1. The van der Waals surface area contributed by atoms with E-state index in [4.69, 9.17) is 11.6 Å². The van der Waals surface area contributed by atoms with E-state index in [-0.39, 0.29) is 0 Å². The van der Waals surface area contributed by atoms with Crippen molar-refractivity contribution in [3.05, 3.63) is 34.9 Å². The molecular weight excluding hydrogens is 254 g/mol. The number of halogens is 1. The van der Waals surface area contributed by atoms with Crippen molar-refractivity contribution in [2.45, 2.75) is 53.0 Å². The summed E-state index contributed by atoms with van der Waals surface area (Å²) < 4.78 is 0. The lowest BCUT2D eigenvalue weighted by atomic mass is 9.85. The summed E-state index contributed by atoms with van der Waals surface area (Å²) in [6.07, 6.45) is 3.67. The molecule has 0 saturated carbocycles. The topological polar surface area (TPSA) is 12.0 Å². The highest BCUT2D eigenvalue weighted by molar-refractivity contribution is 6.30. The molecule has 0 heterocycles. The molecule has 1 N–H and O–H groups in total. The highest BCUT2D eigenvalue weighted by Crippen LogP contribution is 2.23. The Labute approximate surface area is 123 Å². The van der Waals surface area contributed by atoms with Gasteiger partial charge in [0.1, 0.15) is 0 Å². The lowest BCUT2D eigenvalue weighted by Gasteiger charge is -2.25. The number of benzene rings is 1. The lowest BCUT2D eigenvalue weighted by Crippen LogP contribution is -2.33. The van der Waals surface area contributed by atoms with Crippen LogP contribution in [0.1, 0.15) is 46.1 Å². The van der Waals surface area contributed by atoms with Crippen LogP contribution in [0.5, 0.6) is 0 Å². The van der Waals surface area contributed by atoms with Gasteiger partial charge in [-0.25, -0.2) is 0 Å². The third-order valence-electron chi connectivity index (χ3n) is 3.72. The van der Waals surface area contributed by atoms with Gasteiger partial charge in [0, 0.05) is 11.1 Å². The van der Waals surface area contributed by atoms with Crippen molar-refractivity contribution in [3.63, 3.8) is 0 Å². The molecule has 1 aromatic carbocycles. The van der Waals surface area contributed by atoms with Gasteiger partial charge in [-0.1, -0.05) is 64.3 Å². The first-order valence-electron chi connectivity index (χ1n) is 7.50. The molecule has 1 aromatic rings. The zero-order valence-corrected chi connectivity index (χ0v) is 13.5. The Morgan fingerprint density at radius 3 is 2.53 bits per heavy atom. The van der Waals surface area contributed by atoms with Crippen molar-refractivity contribution >= 4 is 11.6 Å². The highest BCUT2D eigenvalue weighted by atomic mass is 35.5. The summed E-state index contributed by atoms with van der Waals surface area (Å²) in [5.74, 6) is 1.43. The van der Waals surface area contributed by atoms with Gasteiger partial charge in [0.05, 0.1) is 0 Å². The van der Waals surface area contributed by atoms with Gasteiger partial charge in [-0.3, -0.25) is 0 Å². The van der Waals surface area contributed by atoms with Gasteiger partial charge in [0.15, 0.2) is 0 Å². The molecule has 108 valence electrons. The van der Waals surface area contributed by atoms with Crippen LogP contribution in [0.25, 0.3) is 0 Å². The Hall–Kier alpha value is -0.530. The van der Waals surface area contributed by atoms with Crippen LogP contribution >= 0.6 is 11.6 Å². The summed E-state index contributed by atoms with van der Waals surface area (Å²) in [6.45, 7) is 10.1. The number of rotatable bonds is 8. The average molecular weight is 282 g/mol. The minimum atomic E-state index is 0.552. The quantitative estimate of drug-likeness (QED) is 0.712. The second-order valence-corrected chi connectivity index (χ2v) is 6.36. The maximum absolute atomic E-state index is 6.08. The van der Waals surface area contributed by atoms with Crippen molar-refractivity contribution in [3.8, 4) is 0 Å². The summed E-state index contributed by atoms with van der Waals surface area (Å²) in [7, 11) is 0. The van der Waals surface area contributed by atoms with Crippen LogP contribution in [-0.4, -0.2) is 12.6 Å². The van der Waals surface area contributed by atoms with Crippen LogP contribution in [0.2, 0.25) is 5.02 Å². The van der Waals surface area contributed by atoms with E-state index in [0.717, 1.165) is 23.9 Å². The summed E-state index contributed by atoms with van der Waals surface area (Å²) in [5.41, 5.74) is 1.35. The van der Waals surface area contributed by atoms with E-state index in [0.29, 0.717) is 12.0 Å². The first-order valence-corrected chi connectivity index (χ1v) is 7.88. The van der Waals surface area contributed by atoms with Crippen molar-refractivity contribution in [2.75, 3.05) is 6.54 Å². The lowest BCUT2D eigenvalue weighted by molar-refractivity contribution is 0.310. The average Bonchev–Trinajstić information content (AvgIpc) is 2.34. The van der Waals surface area contributed by atoms with E-state index < -0.39 is 0 Å². The molecule has 0 radical (unpaired) electrons. The fourth-order valence-corrected chi connectivity index (χ4v) is 2.73. The van der Waals surface area contributed by atoms with Crippen molar-refractivity contribution in [2.24, 2.45) is 11.8 Å². The molecule has 0 fully saturated rings. The van der Waals surface area contributed by atoms with E-state index in [9.17, 15) is 0 Å². The molecule has 0 aliphatic carbocycles. The first-order chi connectivity index (χ1) is 9.02. The van der Waals surface area contributed by atoms with Crippen LogP contribution in [-0.2, 0) is 6.42 Å². The van der Waals surface area contributed by atoms with Crippen LogP contribution in [0.15, 0.2) is 24.3 Å². The minimum Gasteiger partial charge on any atom is -0.314 e. The zero-order chi connectivity index (χ0) is 14.3. The fraction of sp³-hybridized carbons (Fsp3) is 0.647. The second kappa shape index (κ2) is 8.60. The molecule has 0 spiro atoms. The van der Waals surface area contributed by atoms with Gasteiger partial charge in [0.25, 0.3) is 0 Å². The molecule has 2 atom stereocenters. The summed E-state index contributed by atoms with van der Waals surface area (Å²) in [5, 5.41) is 4.43. The van der Waals surface area contributed by atoms with E-state index >= 15 is 0 Å². The van der Waals surface area contributed by atoms with Gasteiger partial charge >= 0.3 is 0 Å². The fourth-order valence-electron chi connectivity index (χ4n) is 2.52. The van der Waals surface area contributed by atoms with Crippen LogP contribution < -0.4 is 5.32 Å². The summed E-state index contributed by atoms with van der Waals surface area (Å²) in [6, 6.07) is 8.84. The predicted octanol–water partition coefficient (Wildman–Crippen LogP) is 4.93. The molecule has 19 heavy (non-hydrogen) atoms. The Morgan fingerprint density at radius 2 is 1.95 bits per heavy atom. The van der Waals surface area contributed by atoms with Gasteiger partial charge in [-0.15, -0.1) is 0 Å². The molecule has 1 rings (SSSR count). The maximum Gasteiger partial charge on any atom is 0.0408 e. The Morgan fingerprint density at radius 1 is 1.21 bits per heavy atom. The molecule has 2 heteroatoms. The van der Waals surface area contributed by atoms with Crippen LogP contribution in [0.3, 0.4) is 0 Å². The zero-order valence-electron chi connectivity index (χ0n) is 12.7. The molecule has 1 nitrogen and oxygen atoms in total. The van der Waals surface area contributed by atoms with Crippen molar-refractivity contribution in [1.82, 2.24) is 5.32 Å². The molecule has 0 bridgehead atoms. The van der Waals surface area contributed by atoms with Gasteiger partial charge in [-0.2, -0.15) is 0 Å². The smallest absolute Gasteiger partial charge is 0.0408 e. The number of hydrogen-bond donors (Lipinski definition) is 1. The normalized spacial score (nSPS) is 14.6. The van der Waals surface area contributed by atoms with E-state index in [2.05, 4.69) is 51.2 Å². The van der Waals surface area contributed by atoms with Gasteiger partial charge < -0.3 is 5.32 Å². The molecular formula is C17H28ClN. The van der Waals surface area contributed by atoms with Crippen molar-refractivity contribution < 1.29 is 0 Å². The van der Waals surface area contributed by atoms with E-state index in [1.807, 2.05) is 6.07 Å². The van der Waals surface area contributed by atoms with Crippen LogP contribution in [0.4, 0.5) is 0 Å². The van der Waals surface area contributed by atoms with E-state index in [1.165, 1.54) is 18.4 Å². The minimum absolute atomic E-state index is 0.552. The standard InChI is InChI=1S/C17H28ClN/c1-5-7-14(4)16(12-19-13(2)3)10-15-8-6-9-17(18)11-15/h6,8-9,11,13-14,16,19H,5,7,10,12H2,1-4H3.